The molecule has 0 spiro atoms. The number of rotatable bonds is 11. The van der Waals surface area contributed by atoms with Crippen molar-refractivity contribution in [3.8, 4) is 0 Å². The summed E-state index contributed by atoms with van der Waals surface area (Å²) in [5.41, 5.74) is 0. The van der Waals surface area contributed by atoms with Gasteiger partial charge in [0.15, 0.2) is 0 Å². The van der Waals surface area contributed by atoms with Gasteiger partial charge in [-0.3, -0.25) is 0 Å². The third-order valence-electron chi connectivity index (χ3n) is 11.6. The zero-order valence-electron chi connectivity index (χ0n) is 25.5. The molecule has 0 nitrogen and oxygen atoms in total. The highest BCUT2D eigenvalue weighted by Crippen LogP contribution is 2.43. The molecule has 4 fully saturated rings. The Morgan fingerprint density at radius 2 is 0.757 bits per heavy atom. The molecule has 4 saturated carbocycles. The van der Waals surface area contributed by atoms with Crippen molar-refractivity contribution < 1.29 is 0 Å². The first kappa shape index (κ1) is 31.0. The van der Waals surface area contributed by atoms with Crippen LogP contribution < -0.4 is 0 Å². The van der Waals surface area contributed by atoms with Gasteiger partial charge in [-0.25, -0.2) is 0 Å². The molecule has 0 atom stereocenters. The minimum atomic E-state index is 0.835. The van der Waals surface area contributed by atoms with Crippen LogP contribution in [-0.2, 0) is 0 Å². The number of allylic oxidation sites excluding steroid dienone is 2. The zero-order valence-corrected chi connectivity index (χ0v) is 25.5. The molecule has 4 aliphatic rings. The molecule has 0 unspecified atom stereocenters. The zero-order chi connectivity index (χ0) is 26.3. The predicted octanol–water partition coefficient (Wildman–Crippen LogP) is 12.3. The van der Waals surface area contributed by atoms with Crippen LogP contribution in [0.4, 0.5) is 0 Å². The fraction of sp³-hybridized carbons (Fsp3) is 0.892. The third-order valence-corrected chi connectivity index (χ3v) is 11.6. The lowest BCUT2D eigenvalue weighted by atomic mass is 9.68. The molecule has 4 aliphatic carbocycles. The molecular formula is C37H66. The average Bonchev–Trinajstić information content (AvgIpc) is 2.97. The quantitative estimate of drug-likeness (QED) is 0.191. The first-order valence-corrected chi connectivity index (χ1v) is 17.4. The van der Waals surface area contributed by atoms with Crippen molar-refractivity contribution in [2.24, 2.45) is 47.3 Å². The number of hydrogen-bond acceptors (Lipinski definition) is 0. The Bertz CT molecular complexity index is 571. The first-order chi connectivity index (χ1) is 18.2. The SMILES string of the molecule is C=CC1CCC(C2CCC(CCCC)CC2)CC1.C=CC1CCC(C2CCC(CCCCC)CC2)CC1. The van der Waals surface area contributed by atoms with Crippen molar-refractivity contribution in [2.75, 3.05) is 0 Å². The van der Waals surface area contributed by atoms with Crippen LogP contribution in [0.1, 0.15) is 162 Å². The van der Waals surface area contributed by atoms with E-state index in [2.05, 4.69) is 39.2 Å². The van der Waals surface area contributed by atoms with Crippen LogP contribution in [0, 0.1) is 47.3 Å². The molecule has 4 rings (SSSR count). The number of unbranched alkanes of at least 4 members (excludes halogenated alkanes) is 3. The van der Waals surface area contributed by atoms with E-state index in [-0.39, 0.29) is 0 Å². The van der Waals surface area contributed by atoms with E-state index in [0.29, 0.717) is 0 Å². The second kappa shape index (κ2) is 17.9. The van der Waals surface area contributed by atoms with Crippen LogP contribution in [0.5, 0.6) is 0 Å². The van der Waals surface area contributed by atoms with E-state index in [4.69, 9.17) is 0 Å². The average molecular weight is 511 g/mol. The van der Waals surface area contributed by atoms with E-state index in [1.54, 1.807) is 12.8 Å². The van der Waals surface area contributed by atoms with Gasteiger partial charge in [-0.1, -0.05) is 96.6 Å². The van der Waals surface area contributed by atoms with Crippen LogP contribution in [0.3, 0.4) is 0 Å². The van der Waals surface area contributed by atoms with Crippen LogP contribution in [0.15, 0.2) is 25.3 Å². The highest BCUT2D eigenvalue weighted by Gasteiger charge is 2.31. The normalized spacial score (nSPS) is 36.7. The predicted molar refractivity (Wildman–Crippen MR) is 166 cm³/mol. The molecule has 0 aliphatic heterocycles. The summed E-state index contributed by atoms with van der Waals surface area (Å²) in [7, 11) is 0. The first-order valence-electron chi connectivity index (χ1n) is 17.4. The van der Waals surface area contributed by atoms with Crippen LogP contribution >= 0.6 is 0 Å². The standard InChI is InChI=1S/C19H34.C18H32/c1-3-5-6-7-17-10-14-19(15-11-17)18-12-8-16(4-2)9-13-18;1-3-5-6-16-9-13-18(14-10-16)17-11-7-15(4-2)8-12-17/h4,16-19H,2-3,5-15H2,1H3;4,15-18H,2-3,5-14H2,1H3. The maximum atomic E-state index is 3.97. The Morgan fingerprint density at radius 1 is 0.432 bits per heavy atom. The molecular weight excluding hydrogens is 444 g/mol. The fourth-order valence-corrected chi connectivity index (χ4v) is 8.78. The van der Waals surface area contributed by atoms with E-state index in [0.717, 1.165) is 47.3 Å². The van der Waals surface area contributed by atoms with Gasteiger partial charge in [-0.2, -0.15) is 0 Å². The van der Waals surface area contributed by atoms with Gasteiger partial charge in [-0.15, -0.1) is 13.2 Å². The fourth-order valence-electron chi connectivity index (χ4n) is 8.78. The van der Waals surface area contributed by atoms with Crippen LogP contribution in [0.2, 0.25) is 0 Å². The van der Waals surface area contributed by atoms with Gasteiger partial charge < -0.3 is 0 Å². The summed E-state index contributed by atoms with van der Waals surface area (Å²) in [5.74, 6) is 8.10. The molecule has 0 heteroatoms. The maximum absolute atomic E-state index is 3.97. The van der Waals surface area contributed by atoms with E-state index in [1.165, 1.54) is 135 Å². The molecule has 0 aromatic heterocycles. The third kappa shape index (κ3) is 10.9. The lowest BCUT2D eigenvalue weighted by Crippen LogP contribution is -2.25. The van der Waals surface area contributed by atoms with Gasteiger partial charge in [0.2, 0.25) is 0 Å². The molecule has 0 bridgehead atoms. The highest BCUT2D eigenvalue weighted by molar-refractivity contribution is 4.88. The van der Waals surface area contributed by atoms with Gasteiger partial charge in [0.25, 0.3) is 0 Å². The largest absolute Gasteiger partial charge is 0.103 e. The maximum Gasteiger partial charge on any atom is -0.0236 e. The molecule has 0 N–H and O–H groups in total. The Hall–Kier alpha value is -0.520. The topological polar surface area (TPSA) is 0 Å². The lowest BCUT2D eigenvalue weighted by Gasteiger charge is -2.37. The molecule has 0 amide bonds. The summed E-state index contributed by atoms with van der Waals surface area (Å²) in [6.45, 7) is 12.6. The molecule has 214 valence electrons. The van der Waals surface area contributed by atoms with Gasteiger partial charge in [-0.05, 0) is 124 Å². The van der Waals surface area contributed by atoms with Crippen molar-refractivity contribution in [3.63, 3.8) is 0 Å². The minimum Gasteiger partial charge on any atom is -0.103 e. The summed E-state index contributed by atoms with van der Waals surface area (Å²) in [5, 5.41) is 0. The summed E-state index contributed by atoms with van der Waals surface area (Å²) in [4.78, 5) is 0. The Morgan fingerprint density at radius 3 is 1.08 bits per heavy atom. The van der Waals surface area contributed by atoms with Crippen molar-refractivity contribution in [1.29, 1.82) is 0 Å². The monoisotopic (exact) mass is 511 g/mol. The summed E-state index contributed by atoms with van der Waals surface area (Å²) in [6.07, 6.45) is 38.5. The number of hydrogen-bond donors (Lipinski definition) is 0. The highest BCUT2D eigenvalue weighted by atomic mass is 14.4. The van der Waals surface area contributed by atoms with Crippen molar-refractivity contribution in [1.82, 2.24) is 0 Å². The minimum absolute atomic E-state index is 0.835. The van der Waals surface area contributed by atoms with Gasteiger partial charge in [0.1, 0.15) is 0 Å². The van der Waals surface area contributed by atoms with E-state index >= 15 is 0 Å². The molecule has 0 radical (unpaired) electrons. The van der Waals surface area contributed by atoms with Gasteiger partial charge >= 0.3 is 0 Å². The smallest absolute Gasteiger partial charge is 0.0236 e. The van der Waals surface area contributed by atoms with Crippen LogP contribution in [-0.4, -0.2) is 0 Å². The second-order valence-corrected chi connectivity index (χ2v) is 14.0. The summed E-state index contributed by atoms with van der Waals surface area (Å²) < 4.78 is 0. The summed E-state index contributed by atoms with van der Waals surface area (Å²) >= 11 is 0. The molecule has 0 saturated heterocycles. The Balaban J connectivity index is 0.000000206. The van der Waals surface area contributed by atoms with Gasteiger partial charge in [0.05, 0.1) is 0 Å². The second-order valence-electron chi connectivity index (χ2n) is 14.0. The molecule has 0 aromatic carbocycles. The van der Waals surface area contributed by atoms with Crippen LogP contribution in [0.25, 0.3) is 0 Å². The van der Waals surface area contributed by atoms with E-state index in [9.17, 15) is 0 Å². The van der Waals surface area contributed by atoms with Gasteiger partial charge in [0, 0.05) is 0 Å². The molecule has 37 heavy (non-hydrogen) atoms. The van der Waals surface area contributed by atoms with Crippen molar-refractivity contribution in [3.05, 3.63) is 25.3 Å². The molecule has 0 heterocycles. The lowest BCUT2D eigenvalue weighted by molar-refractivity contribution is 0.151. The Kier molecular flexibility index (Phi) is 15.0. The molecule has 0 aromatic rings. The van der Waals surface area contributed by atoms with E-state index < -0.39 is 0 Å². The van der Waals surface area contributed by atoms with Crippen molar-refractivity contribution in [2.45, 2.75) is 162 Å². The van der Waals surface area contributed by atoms with E-state index in [1.807, 2.05) is 0 Å². The summed E-state index contributed by atoms with van der Waals surface area (Å²) in [6, 6.07) is 0. The van der Waals surface area contributed by atoms with Crippen molar-refractivity contribution >= 4 is 0 Å². The Labute approximate surface area is 233 Å².